The molecule has 2 aromatic heterocycles. The summed E-state index contributed by atoms with van der Waals surface area (Å²) in [6.07, 6.45) is -5.51. The molecule has 46 heavy (non-hydrogen) atoms. The van der Waals surface area contributed by atoms with Gasteiger partial charge in [-0.3, -0.25) is 9.36 Å². The Morgan fingerprint density at radius 2 is 0.913 bits per heavy atom. The molecule has 0 aliphatic heterocycles. The van der Waals surface area contributed by atoms with Crippen molar-refractivity contribution in [2.24, 2.45) is 0 Å². The summed E-state index contributed by atoms with van der Waals surface area (Å²) in [4.78, 5) is 0. The fourth-order valence-electron chi connectivity index (χ4n) is 5.16. The van der Waals surface area contributed by atoms with Gasteiger partial charge in [0, 0.05) is 23.5 Å². The molecule has 0 saturated carbocycles. The van der Waals surface area contributed by atoms with Crippen LogP contribution in [0.1, 0.15) is 36.4 Å². The fourth-order valence-corrected chi connectivity index (χ4v) is 5.16. The summed E-state index contributed by atoms with van der Waals surface area (Å²) in [7, 11) is 0. The summed E-state index contributed by atoms with van der Waals surface area (Å²) >= 11 is 0. The van der Waals surface area contributed by atoms with Crippen molar-refractivity contribution < 1.29 is 47.4 Å². The SMILES string of the molecule is CC(C)(c1nn(-c2[c-]cc(C(F)(F)F)cc2)cc1-c1ccccc1)c1nn(-c2[c-]cc(C(F)(F)F)cc2)cc1-c1ccccc1.[Pt+2]. The largest absolute Gasteiger partial charge is 2.00 e. The molecule has 0 unspecified atom stereocenters. The molecule has 0 spiro atoms. The van der Waals surface area contributed by atoms with Crippen LogP contribution in [0.15, 0.2) is 109 Å². The predicted molar refractivity (Wildman–Crippen MR) is 158 cm³/mol. The second-order valence-corrected chi connectivity index (χ2v) is 10.9. The number of aromatic nitrogens is 4. The Kier molecular flexibility index (Phi) is 8.88. The van der Waals surface area contributed by atoms with Gasteiger partial charge in [0.25, 0.3) is 0 Å². The molecule has 0 aliphatic rings. The Morgan fingerprint density at radius 3 is 1.22 bits per heavy atom. The van der Waals surface area contributed by atoms with E-state index >= 15 is 0 Å². The van der Waals surface area contributed by atoms with Crippen molar-refractivity contribution in [3.63, 3.8) is 0 Å². The molecule has 0 amide bonds. The summed E-state index contributed by atoms with van der Waals surface area (Å²) < 4.78 is 82.3. The van der Waals surface area contributed by atoms with E-state index in [1.54, 1.807) is 12.4 Å². The third-order valence-corrected chi connectivity index (χ3v) is 7.52. The molecule has 6 rings (SSSR count). The summed E-state index contributed by atoms with van der Waals surface area (Å²) in [5, 5.41) is 9.75. The van der Waals surface area contributed by atoms with Gasteiger partial charge in [0.15, 0.2) is 0 Å². The smallest absolute Gasteiger partial charge is 0.265 e. The maximum Gasteiger partial charge on any atom is 2.00 e. The zero-order chi connectivity index (χ0) is 32.0. The number of rotatable bonds is 6. The molecule has 6 aromatic rings. The first-order valence-electron chi connectivity index (χ1n) is 13.8. The van der Waals surface area contributed by atoms with E-state index in [9.17, 15) is 26.3 Å². The van der Waals surface area contributed by atoms with E-state index in [-0.39, 0.29) is 21.1 Å². The first-order valence-corrected chi connectivity index (χ1v) is 13.8. The fraction of sp³-hybridized carbons (Fsp3) is 0.143. The zero-order valence-electron chi connectivity index (χ0n) is 24.3. The van der Waals surface area contributed by atoms with Gasteiger partial charge in [0.05, 0.1) is 16.8 Å². The molecule has 0 radical (unpaired) electrons. The zero-order valence-corrected chi connectivity index (χ0v) is 26.5. The average molecular weight is 810 g/mol. The van der Waals surface area contributed by atoms with Gasteiger partial charge in [-0.15, -0.1) is 12.1 Å². The van der Waals surface area contributed by atoms with E-state index < -0.39 is 28.9 Å². The topological polar surface area (TPSA) is 35.6 Å². The van der Waals surface area contributed by atoms with E-state index in [4.69, 9.17) is 10.2 Å². The molecule has 2 heterocycles. The van der Waals surface area contributed by atoms with Gasteiger partial charge in [0.2, 0.25) is 0 Å². The van der Waals surface area contributed by atoms with E-state index in [0.717, 1.165) is 46.5 Å². The van der Waals surface area contributed by atoms with Crippen LogP contribution in [-0.2, 0) is 38.8 Å². The molecule has 0 saturated heterocycles. The van der Waals surface area contributed by atoms with Crippen LogP contribution in [0.4, 0.5) is 26.3 Å². The first kappa shape index (κ1) is 32.9. The van der Waals surface area contributed by atoms with E-state index in [1.165, 1.54) is 21.5 Å². The number of benzene rings is 4. The van der Waals surface area contributed by atoms with Gasteiger partial charge in [-0.2, -0.15) is 72.9 Å². The summed E-state index contributed by atoms with van der Waals surface area (Å²) in [5.41, 5.74) is 2.36. The third-order valence-electron chi connectivity index (χ3n) is 7.52. The Labute approximate surface area is 275 Å². The van der Waals surface area contributed by atoms with Crippen molar-refractivity contribution in [2.45, 2.75) is 31.6 Å². The molecular weight excluding hydrogens is 785 g/mol. The Hall–Kier alpha value is -4.43. The van der Waals surface area contributed by atoms with Crippen LogP contribution in [-0.4, -0.2) is 19.6 Å². The molecule has 4 aromatic carbocycles. The van der Waals surface area contributed by atoms with Crippen LogP contribution in [0, 0.1) is 12.1 Å². The summed E-state index contributed by atoms with van der Waals surface area (Å²) in [5.74, 6) is 0. The van der Waals surface area contributed by atoms with Crippen molar-refractivity contribution in [3.05, 3.63) is 144 Å². The van der Waals surface area contributed by atoms with E-state index in [0.29, 0.717) is 22.8 Å². The molecule has 4 nitrogen and oxygen atoms in total. The number of hydrogen-bond acceptors (Lipinski definition) is 2. The van der Waals surface area contributed by atoms with Gasteiger partial charge in [-0.25, -0.2) is 0 Å². The van der Waals surface area contributed by atoms with E-state index in [2.05, 4.69) is 12.1 Å². The number of hydrogen-bond donors (Lipinski definition) is 0. The standard InChI is InChI=1S/C35H24F6N4.Pt/c1-33(2,31-29(23-9-5-3-6-10-23)21-44(42-31)27-17-13-25(14-18-27)34(36,37)38)32-30(24-11-7-4-8-12-24)22-45(43-32)28-19-15-26(16-20-28)35(39,40)41;/h3-17,19,21-22H,1-2H3;/q-2;+2. The number of alkyl halides is 6. The molecule has 0 bridgehead atoms. The van der Waals surface area contributed by atoms with E-state index in [1.807, 2.05) is 74.5 Å². The minimum atomic E-state index is -4.50. The minimum Gasteiger partial charge on any atom is -0.265 e. The molecule has 11 heteroatoms. The maximum atomic E-state index is 13.2. The Bertz CT molecular complexity index is 1780. The normalized spacial score (nSPS) is 12.2. The monoisotopic (exact) mass is 809 g/mol. The van der Waals surface area contributed by atoms with Gasteiger partial charge in [-0.1, -0.05) is 71.8 Å². The van der Waals surface area contributed by atoms with Crippen molar-refractivity contribution in [1.29, 1.82) is 0 Å². The van der Waals surface area contributed by atoms with Crippen molar-refractivity contribution in [3.8, 4) is 33.6 Å². The van der Waals surface area contributed by atoms with Crippen LogP contribution in [0.25, 0.3) is 33.6 Å². The van der Waals surface area contributed by atoms with Crippen LogP contribution in [0.5, 0.6) is 0 Å². The molecule has 0 atom stereocenters. The summed E-state index contributed by atoms with van der Waals surface area (Å²) in [6, 6.07) is 30.6. The van der Waals surface area contributed by atoms with Crippen LogP contribution < -0.4 is 0 Å². The first-order chi connectivity index (χ1) is 21.3. The molecule has 0 fully saturated rings. The van der Waals surface area contributed by atoms with Crippen molar-refractivity contribution >= 4 is 0 Å². The Balaban J connectivity index is 0.00000417. The average Bonchev–Trinajstić information content (AvgIpc) is 3.68. The minimum absolute atomic E-state index is 0. The van der Waals surface area contributed by atoms with Crippen molar-refractivity contribution in [2.75, 3.05) is 0 Å². The second-order valence-electron chi connectivity index (χ2n) is 10.9. The van der Waals surface area contributed by atoms with Crippen LogP contribution >= 0.6 is 0 Å². The Morgan fingerprint density at radius 1 is 0.543 bits per heavy atom. The summed E-state index contributed by atoms with van der Waals surface area (Å²) in [6.45, 7) is 3.86. The number of nitrogens with zero attached hydrogens (tertiary/aromatic N) is 4. The van der Waals surface area contributed by atoms with Crippen molar-refractivity contribution in [1.82, 2.24) is 19.6 Å². The maximum absolute atomic E-state index is 13.2. The molecular formula is C35H24F6N4Pt. The second kappa shape index (κ2) is 12.4. The molecule has 236 valence electrons. The number of halogens is 6. The van der Waals surface area contributed by atoms with Crippen LogP contribution in [0.2, 0.25) is 0 Å². The van der Waals surface area contributed by atoms with Gasteiger partial charge < -0.3 is 0 Å². The quantitative estimate of drug-likeness (QED) is 0.124. The van der Waals surface area contributed by atoms with Gasteiger partial charge in [-0.05, 0) is 36.3 Å². The third kappa shape index (κ3) is 6.44. The van der Waals surface area contributed by atoms with Gasteiger partial charge >= 0.3 is 33.4 Å². The van der Waals surface area contributed by atoms with Crippen LogP contribution in [0.3, 0.4) is 0 Å². The molecule has 0 N–H and O–H groups in total. The predicted octanol–water partition coefficient (Wildman–Crippen LogP) is 9.35. The van der Waals surface area contributed by atoms with Gasteiger partial charge in [0.1, 0.15) is 0 Å². The molecule has 0 aliphatic carbocycles.